The van der Waals surface area contributed by atoms with E-state index in [1.165, 1.54) is 44.2 Å². The van der Waals surface area contributed by atoms with E-state index in [0.717, 1.165) is 62.6 Å². The van der Waals surface area contributed by atoms with Gasteiger partial charge in [0.05, 0.1) is 34.0 Å². The van der Waals surface area contributed by atoms with E-state index in [0.29, 0.717) is 0 Å². The van der Waals surface area contributed by atoms with E-state index >= 15 is 0 Å². The molecule has 9 aromatic rings. The molecule has 0 radical (unpaired) electrons. The van der Waals surface area contributed by atoms with Gasteiger partial charge in [-0.25, -0.2) is 4.98 Å². The highest BCUT2D eigenvalue weighted by atomic mass is 15.1. The third kappa shape index (κ3) is 4.90. The monoisotopic (exact) mass is 730 g/mol. The Balaban J connectivity index is 1.17. The molecule has 0 N–H and O–H groups in total. The van der Waals surface area contributed by atoms with Crippen molar-refractivity contribution in [3.8, 4) is 39.6 Å². The SMILES string of the molecule is C=C/C1=C(\C=C)c2c(n(C3C=CC(n4c(-c5ccccc5)nc5ccccc54)=CC3)c3ccccc23)-c2ccccc2-c2c1c1ccccc1n2-c1ccccc1. The molecule has 270 valence electrons. The Morgan fingerprint density at radius 2 is 1.11 bits per heavy atom. The van der Waals surface area contributed by atoms with Crippen LogP contribution in [0.15, 0.2) is 201 Å². The van der Waals surface area contributed by atoms with E-state index < -0.39 is 0 Å². The van der Waals surface area contributed by atoms with Crippen LogP contribution >= 0.6 is 0 Å². The Morgan fingerprint density at radius 3 is 1.79 bits per heavy atom. The average Bonchev–Trinajstić information content (AvgIpc) is 3.94. The van der Waals surface area contributed by atoms with Crippen LogP contribution in [-0.4, -0.2) is 18.7 Å². The van der Waals surface area contributed by atoms with Crippen LogP contribution in [0.3, 0.4) is 0 Å². The average molecular weight is 731 g/mol. The number of rotatable bonds is 6. The summed E-state index contributed by atoms with van der Waals surface area (Å²) in [6.45, 7) is 8.98. The highest BCUT2D eigenvalue weighted by Crippen LogP contribution is 2.53. The molecule has 0 saturated carbocycles. The van der Waals surface area contributed by atoms with Crippen molar-refractivity contribution in [2.75, 3.05) is 0 Å². The zero-order chi connectivity index (χ0) is 38.0. The molecule has 0 amide bonds. The summed E-state index contributed by atoms with van der Waals surface area (Å²) in [5.41, 5.74) is 16.9. The van der Waals surface area contributed by atoms with E-state index in [2.05, 4.69) is 203 Å². The molecule has 2 aliphatic rings. The molecule has 0 saturated heterocycles. The number of allylic oxidation sites excluding steroid dienone is 8. The second-order valence-corrected chi connectivity index (χ2v) is 14.7. The minimum atomic E-state index is 0.0440. The fourth-order valence-corrected chi connectivity index (χ4v) is 9.37. The Bertz CT molecular complexity index is 3180. The smallest absolute Gasteiger partial charge is 0.145 e. The summed E-state index contributed by atoms with van der Waals surface area (Å²) < 4.78 is 7.31. The first-order valence-corrected chi connectivity index (χ1v) is 19.6. The second-order valence-electron chi connectivity index (χ2n) is 14.7. The van der Waals surface area contributed by atoms with E-state index in [-0.39, 0.29) is 6.04 Å². The molecule has 0 bridgehead atoms. The van der Waals surface area contributed by atoms with E-state index in [4.69, 9.17) is 4.98 Å². The van der Waals surface area contributed by atoms with Gasteiger partial charge in [-0.2, -0.15) is 0 Å². The van der Waals surface area contributed by atoms with E-state index in [9.17, 15) is 0 Å². The van der Waals surface area contributed by atoms with Crippen LogP contribution in [0, 0.1) is 0 Å². The van der Waals surface area contributed by atoms with Gasteiger partial charge in [0.15, 0.2) is 0 Å². The molecular formula is C53H38N4. The Kier molecular flexibility index (Phi) is 7.58. The molecule has 0 spiro atoms. The molecule has 0 fully saturated rings. The number of hydrogen-bond acceptors (Lipinski definition) is 1. The molecule has 11 rings (SSSR count). The largest absolute Gasteiger partial charge is 0.333 e. The lowest BCUT2D eigenvalue weighted by Gasteiger charge is -2.26. The van der Waals surface area contributed by atoms with Gasteiger partial charge in [0.1, 0.15) is 5.82 Å². The summed E-state index contributed by atoms with van der Waals surface area (Å²) >= 11 is 0. The van der Waals surface area contributed by atoms with Crippen LogP contribution in [0.25, 0.3) is 89.3 Å². The molecule has 1 unspecified atom stereocenters. The molecule has 4 nitrogen and oxygen atoms in total. The number of nitrogens with zero attached hydrogens (tertiary/aromatic N) is 4. The third-order valence-electron chi connectivity index (χ3n) is 11.7. The lowest BCUT2D eigenvalue weighted by Crippen LogP contribution is -2.12. The molecule has 1 atom stereocenters. The quantitative estimate of drug-likeness (QED) is 0.167. The summed E-state index contributed by atoms with van der Waals surface area (Å²) in [7, 11) is 0. The van der Waals surface area contributed by atoms with Gasteiger partial charge in [-0.3, -0.25) is 4.57 Å². The maximum Gasteiger partial charge on any atom is 0.145 e. The van der Waals surface area contributed by atoms with Gasteiger partial charge < -0.3 is 9.13 Å². The van der Waals surface area contributed by atoms with Gasteiger partial charge in [0, 0.05) is 55.5 Å². The van der Waals surface area contributed by atoms with Gasteiger partial charge in [-0.1, -0.05) is 159 Å². The Hall–Kier alpha value is -7.43. The lowest BCUT2D eigenvalue weighted by molar-refractivity contribution is 0.634. The van der Waals surface area contributed by atoms with Crippen molar-refractivity contribution in [3.63, 3.8) is 0 Å². The highest BCUT2D eigenvalue weighted by molar-refractivity contribution is 6.18. The van der Waals surface area contributed by atoms with Gasteiger partial charge in [-0.05, 0) is 60.0 Å². The topological polar surface area (TPSA) is 27.7 Å². The summed E-state index contributed by atoms with van der Waals surface area (Å²) in [6.07, 6.45) is 11.9. The number of hydrogen-bond donors (Lipinski definition) is 0. The molecule has 6 aromatic carbocycles. The molecular weight excluding hydrogens is 693 g/mol. The van der Waals surface area contributed by atoms with Gasteiger partial charge >= 0.3 is 0 Å². The van der Waals surface area contributed by atoms with E-state index in [1.807, 2.05) is 12.2 Å². The van der Waals surface area contributed by atoms with Crippen LogP contribution in [0.2, 0.25) is 0 Å². The first-order chi connectivity index (χ1) is 28.2. The fraction of sp³-hybridized carbons (Fsp3) is 0.0377. The molecule has 57 heavy (non-hydrogen) atoms. The van der Waals surface area contributed by atoms with Crippen molar-refractivity contribution in [1.29, 1.82) is 0 Å². The number of imidazole rings is 1. The first kappa shape index (κ1) is 33.0. The lowest BCUT2D eigenvalue weighted by atomic mass is 9.84. The second kappa shape index (κ2) is 13.1. The van der Waals surface area contributed by atoms with Gasteiger partial charge in [0.2, 0.25) is 0 Å². The number of aromatic nitrogens is 4. The molecule has 2 aliphatic carbocycles. The van der Waals surface area contributed by atoms with Crippen LogP contribution < -0.4 is 0 Å². The van der Waals surface area contributed by atoms with Crippen molar-refractivity contribution in [2.24, 2.45) is 0 Å². The minimum absolute atomic E-state index is 0.0440. The molecule has 4 heteroatoms. The summed E-state index contributed by atoms with van der Waals surface area (Å²) in [5.74, 6) is 0.943. The number of para-hydroxylation sites is 5. The Morgan fingerprint density at radius 1 is 0.544 bits per heavy atom. The van der Waals surface area contributed by atoms with Gasteiger partial charge in [0.25, 0.3) is 0 Å². The standard InChI is InChI=1S/C53H38N4/c1-3-39-40(4-2)50-44-26-14-17-29-47(44)56(37-31-33-38(34-32-37)57-48-30-18-15-27-45(48)54-53(57)35-19-7-5-8-20-35)52(50)42-24-12-11-23-41(42)51-49(39)43-25-13-16-28-46(43)55(51)36-21-9-6-10-22-36/h3-31,33-34,37H,1-2,32H2/b40-39-,49-39?,50-40?,51-41?,52-42?. The van der Waals surface area contributed by atoms with Gasteiger partial charge in [-0.15, -0.1) is 0 Å². The van der Waals surface area contributed by atoms with Crippen LogP contribution in [0.4, 0.5) is 0 Å². The summed E-state index contributed by atoms with van der Waals surface area (Å²) in [4.78, 5) is 5.12. The third-order valence-corrected chi connectivity index (χ3v) is 11.7. The Labute approximate surface area is 331 Å². The van der Waals surface area contributed by atoms with Crippen LogP contribution in [0.1, 0.15) is 23.6 Å². The maximum atomic E-state index is 5.12. The van der Waals surface area contributed by atoms with E-state index in [1.54, 1.807) is 0 Å². The predicted octanol–water partition coefficient (Wildman–Crippen LogP) is 13.6. The van der Waals surface area contributed by atoms with Crippen molar-refractivity contribution < 1.29 is 0 Å². The molecule has 3 heterocycles. The fourth-order valence-electron chi connectivity index (χ4n) is 9.37. The predicted molar refractivity (Wildman–Crippen MR) is 239 cm³/mol. The van der Waals surface area contributed by atoms with Crippen molar-refractivity contribution >= 4 is 49.7 Å². The first-order valence-electron chi connectivity index (χ1n) is 19.6. The summed E-state index contributed by atoms with van der Waals surface area (Å²) in [6, 6.07) is 56.2. The highest BCUT2D eigenvalue weighted by Gasteiger charge is 2.33. The number of fused-ring (bicyclic) bond motifs is 10. The molecule has 0 aliphatic heterocycles. The zero-order valence-electron chi connectivity index (χ0n) is 31.4. The van der Waals surface area contributed by atoms with Crippen molar-refractivity contribution in [1.82, 2.24) is 18.7 Å². The molecule has 3 aromatic heterocycles. The van der Waals surface area contributed by atoms with Crippen LogP contribution in [0.5, 0.6) is 0 Å². The normalized spacial score (nSPS) is 16.1. The van der Waals surface area contributed by atoms with Crippen LogP contribution in [-0.2, 0) is 0 Å². The summed E-state index contributed by atoms with van der Waals surface area (Å²) in [5, 5.41) is 2.38. The number of benzene rings is 6. The maximum absolute atomic E-state index is 5.12. The van der Waals surface area contributed by atoms with Crippen molar-refractivity contribution in [3.05, 3.63) is 212 Å². The minimum Gasteiger partial charge on any atom is -0.333 e. The van der Waals surface area contributed by atoms with Crippen molar-refractivity contribution in [2.45, 2.75) is 12.5 Å². The zero-order valence-corrected chi connectivity index (χ0v) is 31.4.